The summed E-state index contributed by atoms with van der Waals surface area (Å²) in [6.07, 6.45) is 11.0. The highest BCUT2D eigenvalue weighted by molar-refractivity contribution is 7.71. The van der Waals surface area contributed by atoms with Gasteiger partial charge in [0.15, 0.2) is 5.82 Å². The first-order chi connectivity index (χ1) is 11.6. The van der Waals surface area contributed by atoms with Crippen molar-refractivity contribution in [2.45, 2.75) is 70.8 Å². The maximum absolute atomic E-state index is 5.33. The van der Waals surface area contributed by atoms with Crippen molar-refractivity contribution in [1.82, 2.24) is 19.4 Å². The van der Waals surface area contributed by atoms with Gasteiger partial charge < -0.3 is 4.57 Å². The number of H-pyrrole nitrogens is 1. The monoisotopic (exact) mass is 343 g/mol. The highest BCUT2D eigenvalue weighted by atomic mass is 32.1. The van der Waals surface area contributed by atoms with E-state index in [9.17, 15) is 0 Å². The molecule has 24 heavy (non-hydrogen) atoms. The van der Waals surface area contributed by atoms with Gasteiger partial charge in [0.25, 0.3) is 0 Å². The first-order valence-electron chi connectivity index (χ1n) is 9.05. The van der Waals surface area contributed by atoms with Gasteiger partial charge in [0.1, 0.15) is 0 Å². The van der Waals surface area contributed by atoms with Crippen molar-refractivity contribution in [3.05, 3.63) is 33.6 Å². The lowest BCUT2D eigenvalue weighted by molar-refractivity contribution is 0.346. The number of rotatable bonds is 4. The molecule has 5 nitrogen and oxygen atoms in total. The Kier molecular flexibility index (Phi) is 4.16. The number of aromatic nitrogens is 4. The Morgan fingerprint density at radius 3 is 2.67 bits per heavy atom. The minimum absolute atomic E-state index is 0.518. The van der Waals surface area contributed by atoms with Crippen LogP contribution in [0.3, 0.4) is 0 Å². The fraction of sp³-hybridized carbons (Fsp3) is 0.611. The van der Waals surface area contributed by atoms with E-state index in [0.29, 0.717) is 16.7 Å². The van der Waals surface area contributed by atoms with Gasteiger partial charge in [-0.1, -0.05) is 19.3 Å². The van der Waals surface area contributed by atoms with Crippen molar-refractivity contribution in [2.75, 3.05) is 0 Å². The predicted octanol–water partition coefficient (Wildman–Crippen LogP) is 4.62. The van der Waals surface area contributed by atoms with Gasteiger partial charge in [-0.05, 0) is 57.8 Å². The molecule has 0 aromatic carbocycles. The molecule has 0 unspecified atom stereocenters. The Morgan fingerprint density at radius 2 is 1.96 bits per heavy atom. The van der Waals surface area contributed by atoms with E-state index < -0.39 is 0 Å². The van der Waals surface area contributed by atoms with Crippen LogP contribution in [0.25, 0.3) is 0 Å². The van der Waals surface area contributed by atoms with Crippen LogP contribution >= 0.6 is 12.2 Å². The summed E-state index contributed by atoms with van der Waals surface area (Å²) in [4.78, 5) is 0. The van der Waals surface area contributed by atoms with E-state index in [-0.39, 0.29) is 0 Å². The number of hydrogen-bond donors (Lipinski definition) is 1. The molecular formula is C18H25N5S. The van der Waals surface area contributed by atoms with E-state index >= 15 is 0 Å². The van der Waals surface area contributed by atoms with Crippen LogP contribution in [-0.2, 0) is 0 Å². The van der Waals surface area contributed by atoms with Crippen molar-refractivity contribution < 1.29 is 0 Å². The fourth-order valence-corrected chi connectivity index (χ4v) is 4.16. The third kappa shape index (κ3) is 2.88. The SMILES string of the molecule is Cc1cc(/C=N\n2c(C3CC3)n[nH]c2=S)c(C)n1C1CCCCC1. The van der Waals surface area contributed by atoms with Crippen molar-refractivity contribution in [2.24, 2.45) is 5.10 Å². The van der Waals surface area contributed by atoms with E-state index in [1.54, 1.807) is 4.68 Å². The summed E-state index contributed by atoms with van der Waals surface area (Å²) < 4.78 is 4.88. The summed E-state index contributed by atoms with van der Waals surface area (Å²) in [7, 11) is 0. The third-order valence-electron chi connectivity index (χ3n) is 5.39. The van der Waals surface area contributed by atoms with Gasteiger partial charge in [0.05, 0.1) is 6.21 Å². The molecule has 0 aliphatic heterocycles. The molecule has 2 heterocycles. The van der Waals surface area contributed by atoms with Crippen LogP contribution in [-0.4, -0.2) is 25.7 Å². The van der Waals surface area contributed by atoms with Gasteiger partial charge in [-0.2, -0.15) is 14.9 Å². The topological polar surface area (TPSA) is 50.9 Å². The molecule has 4 rings (SSSR count). The Morgan fingerprint density at radius 1 is 1.21 bits per heavy atom. The van der Waals surface area contributed by atoms with Gasteiger partial charge in [-0.15, -0.1) is 0 Å². The standard InChI is InChI=1S/C18H25N5S/c1-12-10-15(13(2)22(12)16-6-4-3-5-7-16)11-19-23-17(14-8-9-14)20-21-18(23)24/h10-11,14,16H,3-9H2,1-2H3,(H,21,24)/b19-11-. The maximum Gasteiger partial charge on any atom is 0.216 e. The van der Waals surface area contributed by atoms with Crippen molar-refractivity contribution >= 4 is 18.4 Å². The summed E-state index contributed by atoms with van der Waals surface area (Å²) in [5.41, 5.74) is 3.83. The molecule has 2 fully saturated rings. The van der Waals surface area contributed by atoms with Crippen LogP contribution in [0.5, 0.6) is 0 Å². The lowest BCUT2D eigenvalue weighted by Gasteiger charge is -2.26. The molecule has 0 amide bonds. The van der Waals surface area contributed by atoms with Crippen molar-refractivity contribution in [1.29, 1.82) is 0 Å². The Bertz CT molecular complexity index is 815. The minimum atomic E-state index is 0.518. The lowest BCUT2D eigenvalue weighted by Crippen LogP contribution is -2.15. The molecule has 128 valence electrons. The zero-order valence-corrected chi connectivity index (χ0v) is 15.3. The smallest absolute Gasteiger partial charge is 0.216 e. The molecule has 1 N–H and O–H groups in total. The molecular weight excluding hydrogens is 318 g/mol. The van der Waals surface area contributed by atoms with E-state index in [1.807, 2.05) is 6.21 Å². The average Bonchev–Trinajstić information content (AvgIpc) is 3.30. The molecule has 0 bridgehead atoms. The molecule has 2 aromatic heterocycles. The summed E-state index contributed by atoms with van der Waals surface area (Å²) in [6, 6.07) is 2.90. The number of aryl methyl sites for hydroxylation is 1. The molecule has 0 spiro atoms. The van der Waals surface area contributed by atoms with Crippen LogP contribution in [0.1, 0.15) is 79.7 Å². The van der Waals surface area contributed by atoms with Crippen molar-refractivity contribution in [3.8, 4) is 0 Å². The first kappa shape index (κ1) is 15.8. The van der Waals surface area contributed by atoms with Gasteiger partial charge in [-0.25, -0.2) is 0 Å². The normalized spacial score (nSPS) is 19.4. The Labute approximate surface area is 147 Å². The summed E-state index contributed by atoms with van der Waals surface area (Å²) >= 11 is 5.33. The summed E-state index contributed by atoms with van der Waals surface area (Å²) in [6.45, 7) is 4.41. The van der Waals surface area contributed by atoms with E-state index in [4.69, 9.17) is 12.2 Å². The quantitative estimate of drug-likeness (QED) is 0.650. The zero-order valence-electron chi connectivity index (χ0n) is 14.5. The second-order valence-electron chi connectivity index (χ2n) is 7.21. The highest BCUT2D eigenvalue weighted by Gasteiger charge is 2.29. The van der Waals surface area contributed by atoms with Gasteiger partial charge >= 0.3 is 0 Å². The summed E-state index contributed by atoms with van der Waals surface area (Å²) in [5.74, 6) is 1.49. The third-order valence-corrected chi connectivity index (χ3v) is 5.66. The molecule has 6 heteroatoms. The van der Waals surface area contributed by atoms with E-state index in [1.165, 1.54) is 61.9 Å². The molecule has 2 aliphatic carbocycles. The number of hydrogen-bond acceptors (Lipinski definition) is 3. The van der Waals surface area contributed by atoms with Crippen LogP contribution in [0, 0.1) is 18.6 Å². The lowest BCUT2D eigenvalue weighted by atomic mass is 9.95. The van der Waals surface area contributed by atoms with Crippen LogP contribution in [0.15, 0.2) is 11.2 Å². The minimum Gasteiger partial charge on any atom is -0.345 e. The van der Waals surface area contributed by atoms with E-state index in [0.717, 1.165) is 5.82 Å². The highest BCUT2D eigenvalue weighted by Crippen LogP contribution is 2.38. The molecule has 0 radical (unpaired) electrons. The van der Waals surface area contributed by atoms with Gasteiger partial charge in [0, 0.05) is 28.9 Å². The van der Waals surface area contributed by atoms with Crippen LogP contribution in [0.4, 0.5) is 0 Å². The Balaban J connectivity index is 1.63. The largest absolute Gasteiger partial charge is 0.345 e. The average molecular weight is 344 g/mol. The van der Waals surface area contributed by atoms with Crippen molar-refractivity contribution in [3.63, 3.8) is 0 Å². The molecule has 2 aromatic rings. The first-order valence-corrected chi connectivity index (χ1v) is 9.46. The van der Waals surface area contributed by atoms with Gasteiger partial charge in [0.2, 0.25) is 4.77 Å². The second-order valence-corrected chi connectivity index (χ2v) is 7.59. The predicted molar refractivity (Wildman–Crippen MR) is 98.4 cm³/mol. The maximum atomic E-state index is 5.33. The molecule has 0 atom stereocenters. The Hall–Kier alpha value is -1.69. The summed E-state index contributed by atoms with van der Waals surface area (Å²) in [5, 5.41) is 11.8. The van der Waals surface area contributed by atoms with Gasteiger partial charge in [-0.3, -0.25) is 5.10 Å². The molecule has 0 saturated heterocycles. The molecule has 2 aliphatic rings. The van der Waals surface area contributed by atoms with Crippen LogP contribution in [0.2, 0.25) is 0 Å². The second kappa shape index (κ2) is 6.31. The van der Waals surface area contributed by atoms with E-state index in [2.05, 4.69) is 39.8 Å². The number of aromatic amines is 1. The zero-order chi connectivity index (χ0) is 16.7. The fourth-order valence-electron chi connectivity index (χ4n) is 3.98. The molecule has 2 saturated carbocycles. The number of nitrogens with one attached hydrogen (secondary N) is 1. The number of nitrogens with zero attached hydrogens (tertiary/aromatic N) is 4. The van der Waals surface area contributed by atoms with Crippen LogP contribution < -0.4 is 0 Å².